The SMILES string of the molecule is CCOC(=O)c1ccc2[nH]c(-c3cc(C)cc(C)c3)c(C(N)(CCCCc3ccncc3)CC(=O)OC(C)(C)C)c2c1. The number of unbranched alkanes of at least 4 members (excludes halogenated alkanes) is 1. The van der Waals surface area contributed by atoms with Crippen LogP contribution >= 0.6 is 0 Å². The van der Waals surface area contributed by atoms with E-state index in [-0.39, 0.29) is 19.0 Å². The first kappa shape index (κ1) is 31.0. The summed E-state index contributed by atoms with van der Waals surface area (Å²) in [7, 11) is 0. The number of hydrogen-bond donors (Lipinski definition) is 2. The number of carbonyl (C=O) groups is 2. The maximum Gasteiger partial charge on any atom is 0.338 e. The highest BCUT2D eigenvalue weighted by Crippen LogP contribution is 2.42. The molecule has 0 amide bonds. The number of hydrogen-bond acceptors (Lipinski definition) is 6. The maximum absolute atomic E-state index is 13.4. The molecule has 0 aliphatic heterocycles. The van der Waals surface area contributed by atoms with Crippen molar-refractivity contribution in [1.29, 1.82) is 0 Å². The number of nitrogens with two attached hydrogens (primary N) is 1. The third-order valence-electron chi connectivity index (χ3n) is 7.29. The van der Waals surface area contributed by atoms with Crippen molar-refractivity contribution in [2.24, 2.45) is 5.73 Å². The van der Waals surface area contributed by atoms with Gasteiger partial charge in [0, 0.05) is 28.9 Å². The molecular weight excluding hydrogens is 526 g/mol. The van der Waals surface area contributed by atoms with Crippen molar-refractivity contribution in [3.63, 3.8) is 0 Å². The Labute approximate surface area is 248 Å². The van der Waals surface area contributed by atoms with Crippen LogP contribution in [0.4, 0.5) is 0 Å². The number of H-pyrrole nitrogens is 1. The van der Waals surface area contributed by atoms with Gasteiger partial charge in [0.05, 0.1) is 29.8 Å². The Hall–Kier alpha value is -3.97. The average molecular weight is 570 g/mol. The van der Waals surface area contributed by atoms with Gasteiger partial charge in [-0.25, -0.2) is 4.79 Å². The van der Waals surface area contributed by atoms with Gasteiger partial charge in [-0.2, -0.15) is 0 Å². The summed E-state index contributed by atoms with van der Waals surface area (Å²) in [5.41, 5.74) is 13.0. The van der Waals surface area contributed by atoms with Crippen molar-refractivity contribution in [2.45, 2.75) is 84.8 Å². The summed E-state index contributed by atoms with van der Waals surface area (Å²) in [5, 5.41) is 0.801. The highest BCUT2D eigenvalue weighted by molar-refractivity contribution is 5.99. The van der Waals surface area contributed by atoms with Crippen LogP contribution in [0.25, 0.3) is 22.2 Å². The largest absolute Gasteiger partial charge is 0.462 e. The molecule has 1 unspecified atom stereocenters. The van der Waals surface area contributed by atoms with Crippen LogP contribution in [0.2, 0.25) is 0 Å². The lowest BCUT2D eigenvalue weighted by atomic mass is 9.79. The van der Waals surface area contributed by atoms with Crippen molar-refractivity contribution in [3.05, 3.63) is 88.7 Å². The molecule has 0 bridgehead atoms. The van der Waals surface area contributed by atoms with Crippen LogP contribution < -0.4 is 5.73 Å². The number of esters is 2. The van der Waals surface area contributed by atoms with E-state index in [0.717, 1.165) is 58.1 Å². The summed E-state index contributed by atoms with van der Waals surface area (Å²) in [4.78, 5) is 33.8. The number of aromatic amines is 1. The fraction of sp³-hybridized carbons (Fsp3) is 0.400. The van der Waals surface area contributed by atoms with Crippen molar-refractivity contribution in [3.8, 4) is 11.3 Å². The van der Waals surface area contributed by atoms with Crippen molar-refractivity contribution in [1.82, 2.24) is 9.97 Å². The van der Waals surface area contributed by atoms with E-state index in [2.05, 4.69) is 42.0 Å². The molecule has 4 rings (SSSR count). The number of nitrogens with zero attached hydrogens (tertiary/aromatic N) is 1. The third kappa shape index (κ3) is 7.65. The minimum Gasteiger partial charge on any atom is -0.462 e. The number of rotatable bonds is 11. The molecule has 0 aliphatic carbocycles. The third-order valence-corrected chi connectivity index (χ3v) is 7.29. The normalized spacial score (nSPS) is 13.1. The molecule has 3 N–H and O–H groups in total. The highest BCUT2D eigenvalue weighted by atomic mass is 16.6. The van der Waals surface area contributed by atoms with Crippen LogP contribution in [0.5, 0.6) is 0 Å². The molecule has 7 heteroatoms. The molecular formula is C35H43N3O4. The van der Waals surface area contributed by atoms with Gasteiger partial charge in [0.2, 0.25) is 0 Å². The Bertz CT molecular complexity index is 1530. The topological polar surface area (TPSA) is 107 Å². The molecule has 0 fully saturated rings. The molecule has 0 radical (unpaired) electrons. The van der Waals surface area contributed by atoms with Crippen LogP contribution in [-0.4, -0.2) is 34.1 Å². The van der Waals surface area contributed by atoms with Crippen molar-refractivity contribution in [2.75, 3.05) is 6.61 Å². The molecule has 1 atom stereocenters. The summed E-state index contributed by atoms with van der Waals surface area (Å²) in [5.74, 6) is -0.756. The Morgan fingerprint density at radius 1 is 0.952 bits per heavy atom. The van der Waals surface area contributed by atoms with Gasteiger partial charge >= 0.3 is 11.9 Å². The Morgan fingerprint density at radius 3 is 2.29 bits per heavy atom. The maximum atomic E-state index is 13.4. The summed E-state index contributed by atoms with van der Waals surface area (Å²) in [6, 6.07) is 15.9. The standard InChI is InChI=1S/C35H43N3O4/c1-7-41-33(40)26-11-12-29-28(21-26)31(32(38-29)27-19-23(2)18-24(3)20-27)35(36,22-30(39)42-34(4,5)6)15-9-8-10-25-13-16-37-17-14-25/h11-14,16-21,38H,7-10,15,22,36H2,1-6H3. The molecule has 0 spiro atoms. The zero-order valence-electron chi connectivity index (χ0n) is 25.7. The fourth-order valence-electron chi connectivity index (χ4n) is 5.64. The highest BCUT2D eigenvalue weighted by Gasteiger charge is 2.37. The summed E-state index contributed by atoms with van der Waals surface area (Å²) >= 11 is 0. The first-order valence-electron chi connectivity index (χ1n) is 14.7. The zero-order valence-corrected chi connectivity index (χ0v) is 25.7. The summed E-state index contributed by atoms with van der Waals surface area (Å²) in [6.45, 7) is 11.8. The monoisotopic (exact) mass is 569 g/mol. The van der Waals surface area contributed by atoms with E-state index in [4.69, 9.17) is 15.2 Å². The molecule has 2 aromatic heterocycles. The van der Waals surface area contributed by atoms with Crippen LogP contribution in [0.15, 0.2) is 60.9 Å². The fourth-order valence-corrected chi connectivity index (χ4v) is 5.64. The molecule has 0 saturated carbocycles. The number of benzene rings is 2. The van der Waals surface area contributed by atoms with Gasteiger partial charge in [0.15, 0.2) is 0 Å². The number of pyridine rings is 1. The van der Waals surface area contributed by atoms with Gasteiger partial charge in [-0.1, -0.05) is 23.6 Å². The van der Waals surface area contributed by atoms with E-state index >= 15 is 0 Å². The van der Waals surface area contributed by atoms with E-state index in [1.807, 2.05) is 45.0 Å². The van der Waals surface area contributed by atoms with E-state index in [1.54, 1.807) is 25.4 Å². The molecule has 4 aromatic rings. The van der Waals surface area contributed by atoms with Crippen LogP contribution in [0.1, 0.15) is 86.0 Å². The second kappa shape index (κ2) is 12.9. The second-order valence-electron chi connectivity index (χ2n) is 12.2. The van der Waals surface area contributed by atoms with Crippen molar-refractivity contribution < 1.29 is 19.1 Å². The molecule has 222 valence electrons. The van der Waals surface area contributed by atoms with Crippen LogP contribution in [0.3, 0.4) is 0 Å². The number of carbonyl (C=O) groups excluding carboxylic acids is 2. The lowest BCUT2D eigenvalue weighted by molar-refractivity contribution is -0.156. The number of aromatic nitrogens is 2. The first-order valence-corrected chi connectivity index (χ1v) is 14.7. The number of nitrogens with one attached hydrogen (secondary N) is 1. The van der Waals surface area contributed by atoms with Gasteiger partial charge in [-0.3, -0.25) is 9.78 Å². The predicted molar refractivity (Wildman–Crippen MR) is 167 cm³/mol. The Kier molecular flexibility index (Phi) is 9.52. The quantitative estimate of drug-likeness (QED) is 0.145. The van der Waals surface area contributed by atoms with E-state index in [0.29, 0.717) is 12.0 Å². The molecule has 42 heavy (non-hydrogen) atoms. The smallest absolute Gasteiger partial charge is 0.338 e. The van der Waals surface area contributed by atoms with Crippen molar-refractivity contribution >= 4 is 22.8 Å². The lowest BCUT2D eigenvalue weighted by Gasteiger charge is -2.32. The molecule has 2 aromatic carbocycles. The summed E-state index contributed by atoms with van der Waals surface area (Å²) in [6.07, 6.45) is 6.71. The summed E-state index contributed by atoms with van der Waals surface area (Å²) < 4.78 is 11.1. The van der Waals surface area contributed by atoms with Crippen LogP contribution in [0, 0.1) is 13.8 Å². The zero-order chi connectivity index (χ0) is 30.5. The van der Waals surface area contributed by atoms with E-state index in [1.165, 1.54) is 5.56 Å². The average Bonchev–Trinajstić information content (AvgIpc) is 3.30. The van der Waals surface area contributed by atoms with Gasteiger partial charge < -0.3 is 20.2 Å². The second-order valence-corrected chi connectivity index (χ2v) is 12.2. The lowest BCUT2D eigenvalue weighted by Crippen LogP contribution is -2.41. The van der Waals surface area contributed by atoms with Gasteiger partial charge in [0.1, 0.15) is 5.60 Å². The minimum atomic E-state index is -1.07. The van der Waals surface area contributed by atoms with Gasteiger partial charge in [-0.15, -0.1) is 0 Å². The number of ether oxygens (including phenoxy) is 2. The Balaban J connectivity index is 1.85. The molecule has 0 saturated heterocycles. The van der Waals surface area contributed by atoms with E-state index in [9.17, 15) is 9.59 Å². The predicted octanol–water partition coefficient (Wildman–Crippen LogP) is 7.32. The Morgan fingerprint density at radius 2 is 1.64 bits per heavy atom. The van der Waals surface area contributed by atoms with Crippen LogP contribution in [-0.2, 0) is 26.2 Å². The minimum absolute atomic E-state index is 0.00604. The molecule has 7 nitrogen and oxygen atoms in total. The van der Waals surface area contributed by atoms with Gasteiger partial charge in [-0.05, 0) is 114 Å². The first-order chi connectivity index (χ1) is 19.9. The van der Waals surface area contributed by atoms with E-state index < -0.39 is 17.1 Å². The number of aryl methyl sites for hydroxylation is 3. The van der Waals surface area contributed by atoms with Gasteiger partial charge in [0.25, 0.3) is 0 Å². The number of fused-ring (bicyclic) bond motifs is 1. The molecule has 2 heterocycles. The molecule has 0 aliphatic rings.